The number of hydrogen-bond donors (Lipinski definition) is 2. The number of hydrogen-bond acceptors (Lipinski definition) is 2. The molecule has 1 aromatic rings. The van der Waals surface area contributed by atoms with E-state index >= 15 is 0 Å². The molecule has 2 unspecified atom stereocenters. The molecule has 0 aromatic heterocycles. The molecule has 0 saturated carbocycles. The minimum Gasteiger partial charge on any atom is -0.312 e. The van der Waals surface area contributed by atoms with Crippen molar-refractivity contribution in [1.29, 1.82) is 0 Å². The van der Waals surface area contributed by atoms with Crippen LogP contribution in [0.2, 0.25) is 0 Å². The molecule has 0 amide bonds. The fourth-order valence-corrected chi connectivity index (χ4v) is 2.42. The van der Waals surface area contributed by atoms with Crippen LogP contribution in [0.15, 0.2) is 24.3 Å². The van der Waals surface area contributed by atoms with Gasteiger partial charge in [0.05, 0.1) is 0 Å². The van der Waals surface area contributed by atoms with E-state index in [1.165, 1.54) is 12.0 Å². The van der Waals surface area contributed by atoms with E-state index in [1.54, 1.807) is 5.56 Å². The lowest BCUT2D eigenvalue weighted by molar-refractivity contribution is 0.379. The van der Waals surface area contributed by atoms with Gasteiger partial charge in [0.15, 0.2) is 0 Å². The van der Waals surface area contributed by atoms with Crippen LogP contribution >= 0.6 is 0 Å². The lowest BCUT2D eigenvalue weighted by Crippen LogP contribution is -2.46. The molecule has 2 nitrogen and oxygen atoms in total. The monoisotopic (exact) mass is 246 g/mol. The van der Waals surface area contributed by atoms with Gasteiger partial charge in [0.25, 0.3) is 0 Å². The Kier molecular flexibility index (Phi) is 4.08. The average Bonchev–Trinajstić information content (AvgIpc) is 2.27. The summed E-state index contributed by atoms with van der Waals surface area (Å²) < 4.78 is 0. The zero-order valence-electron chi connectivity index (χ0n) is 12.1. The quantitative estimate of drug-likeness (QED) is 0.834. The molecular weight excluding hydrogens is 220 g/mol. The maximum absolute atomic E-state index is 3.64. The van der Waals surface area contributed by atoms with Gasteiger partial charge in [0.1, 0.15) is 0 Å². The van der Waals surface area contributed by atoms with Crippen molar-refractivity contribution in [3.63, 3.8) is 0 Å². The topological polar surface area (TPSA) is 24.1 Å². The number of nitrogens with one attached hydrogen (secondary N) is 2. The molecule has 2 atom stereocenters. The van der Waals surface area contributed by atoms with Crippen LogP contribution < -0.4 is 10.6 Å². The molecule has 1 aliphatic rings. The number of rotatable bonds is 5. The van der Waals surface area contributed by atoms with Gasteiger partial charge in [-0.15, -0.1) is 0 Å². The summed E-state index contributed by atoms with van der Waals surface area (Å²) in [5.41, 5.74) is 3.28. The third-order valence-corrected chi connectivity index (χ3v) is 3.61. The lowest BCUT2D eigenvalue weighted by Gasteiger charge is -2.32. The van der Waals surface area contributed by atoms with E-state index in [2.05, 4.69) is 62.6 Å². The van der Waals surface area contributed by atoms with Crippen molar-refractivity contribution in [2.24, 2.45) is 0 Å². The fraction of sp³-hybridized carbons (Fsp3) is 0.625. The van der Waals surface area contributed by atoms with Gasteiger partial charge in [0, 0.05) is 30.6 Å². The zero-order valence-corrected chi connectivity index (χ0v) is 12.1. The molecule has 2 rings (SSSR count). The summed E-state index contributed by atoms with van der Waals surface area (Å²) in [4.78, 5) is 0. The Morgan fingerprint density at radius 1 is 1.28 bits per heavy atom. The predicted octanol–water partition coefficient (Wildman–Crippen LogP) is 2.69. The van der Waals surface area contributed by atoms with Gasteiger partial charge >= 0.3 is 0 Å². The summed E-state index contributed by atoms with van der Waals surface area (Å²) in [5, 5.41) is 7.17. The first kappa shape index (κ1) is 13.6. The van der Waals surface area contributed by atoms with Crippen LogP contribution in [-0.2, 0) is 6.42 Å². The second kappa shape index (κ2) is 5.41. The van der Waals surface area contributed by atoms with Gasteiger partial charge in [-0.25, -0.2) is 0 Å². The van der Waals surface area contributed by atoms with E-state index in [9.17, 15) is 0 Å². The largest absolute Gasteiger partial charge is 0.312 e. The molecule has 2 N–H and O–H groups in total. The Morgan fingerprint density at radius 3 is 2.67 bits per heavy atom. The Morgan fingerprint density at radius 2 is 2.00 bits per heavy atom. The van der Waals surface area contributed by atoms with Crippen LogP contribution in [0.25, 0.3) is 0 Å². The van der Waals surface area contributed by atoms with Crippen LogP contribution in [0.1, 0.15) is 44.7 Å². The summed E-state index contributed by atoms with van der Waals surface area (Å²) in [6, 6.07) is 9.32. The minimum atomic E-state index is 0.207. The second-order valence-electron chi connectivity index (χ2n) is 6.54. The van der Waals surface area contributed by atoms with Crippen LogP contribution in [0.3, 0.4) is 0 Å². The molecule has 18 heavy (non-hydrogen) atoms. The smallest absolute Gasteiger partial charge is 0.0164 e. The number of fused-ring (bicyclic) bond motifs is 1. The predicted molar refractivity (Wildman–Crippen MR) is 78.1 cm³/mol. The fourth-order valence-electron chi connectivity index (χ4n) is 2.42. The molecule has 1 aliphatic carbocycles. The maximum atomic E-state index is 3.64. The van der Waals surface area contributed by atoms with Crippen molar-refractivity contribution in [1.82, 2.24) is 10.6 Å². The van der Waals surface area contributed by atoms with Crippen LogP contribution in [0.4, 0.5) is 0 Å². The standard InChI is InChI=1S/C16H26N2/c1-12(10-18-16(2,3)4)17-11-14-9-13-7-5-6-8-15(13)14/h5-8,12,14,17-18H,9-11H2,1-4H3. The molecule has 1 aromatic carbocycles. The first-order valence-corrected chi connectivity index (χ1v) is 7.02. The maximum Gasteiger partial charge on any atom is 0.0164 e. The summed E-state index contributed by atoms with van der Waals surface area (Å²) in [6.45, 7) is 11.0. The van der Waals surface area contributed by atoms with Crippen molar-refractivity contribution >= 4 is 0 Å². The SMILES string of the molecule is CC(CNC(C)(C)C)NCC1Cc2ccccc21. The van der Waals surface area contributed by atoms with Gasteiger partial charge in [-0.05, 0) is 45.2 Å². The third kappa shape index (κ3) is 3.56. The highest BCUT2D eigenvalue weighted by Crippen LogP contribution is 2.33. The van der Waals surface area contributed by atoms with E-state index in [1.807, 2.05) is 0 Å². The van der Waals surface area contributed by atoms with Crippen LogP contribution in [0, 0.1) is 0 Å². The summed E-state index contributed by atoms with van der Waals surface area (Å²) in [6.07, 6.45) is 1.24. The van der Waals surface area contributed by atoms with Crippen molar-refractivity contribution in [2.75, 3.05) is 13.1 Å². The molecule has 0 fully saturated rings. The summed E-state index contributed by atoms with van der Waals surface area (Å²) in [5.74, 6) is 0.721. The Bertz CT molecular complexity index is 392. The zero-order chi connectivity index (χ0) is 13.2. The lowest BCUT2D eigenvalue weighted by atomic mass is 9.77. The molecule has 0 spiro atoms. The van der Waals surface area contributed by atoms with Gasteiger partial charge in [-0.3, -0.25) is 0 Å². The first-order valence-electron chi connectivity index (χ1n) is 7.02. The first-order chi connectivity index (χ1) is 8.46. The average molecular weight is 246 g/mol. The molecule has 0 bridgehead atoms. The second-order valence-corrected chi connectivity index (χ2v) is 6.54. The van der Waals surface area contributed by atoms with Crippen molar-refractivity contribution in [3.05, 3.63) is 35.4 Å². The van der Waals surface area contributed by atoms with Gasteiger partial charge in [-0.1, -0.05) is 24.3 Å². The van der Waals surface area contributed by atoms with E-state index < -0.39 is 0 Å². The van der Waals surface area contributed by atoms with E-state index in [0.717, 1.165) is 19.0 Å². The summed E-state index contributed by atoms with van der Waals surface area (Å²) >= 11 is 0. The summed E-state index contributed by atoms with van der Waals surface area (Å²) in [7, 11) is 0. The van der Waals surface area contributed by atoms with E-state index in [4.69, 9.17) is 0 Å². The van der Waals surface area contributed by atoms with Crippen LogP contribution in [0.5, 0.6) is 0 Å². The molecule has 2 heteroatoms. The molecule has 0 radical (unpaired) electrons. The number of benzene rings is 1. The molecule has 100 valence electrons. The Hall–Kier alpha value is -0.860. The molecule has 0 aliphatic heterocycles. The highest BCUT2D eigenvalue weighted by atomic mass is 15.0. The van der Waals surface area contributed by atoms with Crippen molar-refractivity contribution < 1.29 is 0 Å². The highest BCUT2D eigenvalue weighted by Gasteiger charge is 2.25. The molecular formula is C16H26N2. The van der Waals surface area contributed by atoms with Gasteiger partial charge < -0.3 is 10.6 Å². The molecule has 0 saturated heterocycles. The minimum absolute atomic E-state index is 0.207. The molecule has 0 heterocycles. The van der Waals surface area contributed by atoms with E-state index in [0.29, 0.717) is 6.04 Å². The highest BCUT2D eigenvalue weighted by molar-refractivity contribution is 5.40. The normalized spacial score (nSPS) is 20.1. The Balaban J connectivity index is 1.71. The van der Waals surface area contributed by atoms with Crippen molar-refractivity contribution in [3.8, 4) is 0 Å². The van der Waals surface area contributed by atoms with Crippen molar-refractivity contribution in [2.45, 2.75) is 51.6 Å². The van der Waals surface area contributed by atoms with Crippen LogP contribution in [-0.4, -0.2) is 24.7 Å². The van der Waals surface area contributed by atoms with Gasteiger partial charge in [0.2, 0.25) is 0 Å². The van der Waals surface area contributed by atoms with E-state index in [-0.39, 0.29) is 5.54 Å². The van der Waals surface area contributed by atoms with Gasteiger partial charge in [-0.2, -0.15) is 0 Å². The Labute approximate surface area is 111 Å². The third-order valence-electron chi connectivity index (χ3n) is 3.61.